The summed E-state index contributed by atoms with van der Waals surface area (Å²) in [6.07, 6.45) is 0. The first-order valence-electron chi connectivity index (χ1n) is 24.9. The average molecular weight is 952 g/mol. The van der Waals surface area contributed by atoms with Crippen molar-refractivity contribution in [2.75, 3.05) is 0 Å². The van der Waals surface area contributed by atoms with Gasteiger partial charge in [-0.25, -0.2) is 0 Å². The summed E-state index contributed by atoms with van der Waals surface area (Å²) in [6.45, 7) is 0. The maximum Gasteiger partial charge on any atom is 0.152 e. The van der Waals surface area contributed by atoms with E-state index in [1.165, 1.54) is 118 Å². The fraction of sp³-hybridized carbons (Fsp3) is 0.0149. The lowest BCUT2D eigenvalue weighted by atomic mass is 10.1. The van der Waals surface area contributed by atoms with Gasteiger partial charge in [0.05, 0.1) is 43.5 Å². The number of rotatable bonds is 8. The van der Waals surface area contributed by atoms with Crippen molar-refractivity contribution in [3.8, 4) is 17.1 Å². The van der Waals surface area contributed by atoms with E-state index in [1.54, 1.807) is 0 Å². The molecule has 0 N–H and O–H groups in total. The Hall–Kier alpha value is -8.74. The van der Waals surface area contributed by atoms with Crippen LogP contribution in [0.5, 0.6) is 0 Å². The van der Waals surface area contributed by atoms with Gasteiger partial charge in [0.1, 0.15) is 0 Å². The first-order chi connectivity index (χ1) is 35.7. The predicted octanol–water partition coefficient (Wildman–Crippen LogP) is 15.6. The van der Waals surface area contributed by atoms with Gasteiger partial charge in [-0.1, -0.05) is 194 Å². The molecule has 11 aromatic carbocycles. The molecule has 4 heterocycles. The third kappa shape index (κ3) is 6.02. The standard InChI is InChI=1S/C67H45N3SSi/c1-3-22-48(23-4-1)72(49-24-5-2-6-25-49,50-26-18-21-46(42-50)68-58-33-12-7-27-51(58)52-28-8-13-34-59(52)68)44-45-20-17-37-62-66(45)57-31-10-15-36-61(57)69(62)47-40-41-54-53-29-9-14-35-60(53)70(64(54)43-47)63-38-19-32-56-55-30-11-16-39-65(55)71-67(56)63/h1-43H,44H2. The lowest BCUT2D eigenvalue weighted by Gasteiger charge is -2.34. The van der Waals surface area contributed by atoms with E-state index >= 15 is 0 Å². The monoisotopic (exact) mass is 951 g/mol. The van der Waals surface area contributed by atoms with Crippen LogP contribution >= 0.6 is 11.3 Å². The molecule has 0 amide bonds. The minimum absolute atomic E-state index is 0.870. The minimum Gasteiger partial charge on any atom is -0.309 e. The molecule has 0 saturated carbocycles. The van der Waals surface area contributed by atoms with Gasteiger partial charge in [0, 0.05) is 59.2 Å². The Labute approximate surface area is 421 Å². The van der Waals surface area contributed by atoms with Crippen LogP contribution in [-0.2, 0) is 6.04 Å². The van der Waals surface area contributed by atoms with E-state index in [0.717, 1.165) is 11.7 Å². The van der Waals surface area contributed by atoms with Crippen LogP contribution in [0.25, 0.3) is 103 Å². The number of benzene rings is 11. The van der Waals surface area contributed by atoms with Crippen molar-refractivity contribution in [3.05, 3.63) is 266 Å². The molecule has 0 aliphatic heterocycles. The Morgan fingerprint density at radius 3 is 1.46 bits per heavy atom. The minimum atomic E-state index is -2.88. The Balaban J connectivity index is 0.964. The van der Waals surface area contributed by atoms with Crippen molar-refractivity contribution >= 4 is 121 Å². The second kappa shape index (κ2) is 16.2. The summed E-state index contributed by atoms with van der Waals surface area (Å²) in [5, 5.41) is 14.4. The van der Waals surface area contributed by atoms with Crippen molar-refractivity contribution in [2.24, 2.45) is 0 Å². The van der Waals surface area contributed by atoms with Crippen molar-refractivity contribution in [2.45, 2.75) is 6.04 Å². The van der Waals surface area contributed by atoms with Crippen molar-refractivity contribution in [1.29, 1.82) is 0 Å². The Bertz CT molecular complexity index is 4520. The molecule has 4 aromatic heterocycles. The van der Waals surface area contributed by atoms with E-state index in [2.05, 4.69) is 275 Å². The van der Waals surface area contributed by atoms with E-state index in [9.17, 15) is 0 Å². The molecule has 0 atom stereocenters. The number of aromatic nitrogens is 3. The number of fused-ring (bicyclic) bond motifs is 12. The van der Waals surface area contributed by atoms with Crippen LogP contribution in [0, 0.1) is 0 Å². The molecule has 0 aliphatic carbocycles. The highest BCUT2D eigenvalue weighted by atomic mass is 32.1. The number of hydrogen-bond donors (Lipinski definition) is 0. The molecule has 0 spiro atoms. The summed E-state index contributed by atoms with van der Waals surface area (Å²) < 4.78 is 10.1. The van der Waals surface area contributed by atoms with Gasteiger partial charge in [-0.15, -0.1) is 11.3 Å². The maximum absolute atomic E-state index is 2.88. The Kier molecular flexibility index (Phi) is 9.22. The van der Waals surface area contributed by atoms with Gasteiger partial charge < -0.3 is 13.7 Å². The van der Waals surface area contributed by atoms with E-state index in [-0.39, 0.29) is 0 Å². The topological polar surface area (TPSA) is 14.8 Å². The number of nitrogens with zero attached hydrogens (tertiary/aromatic N) is 3. The zero-order chi connectivity index (χ0) is 47.3. The Morgan fingerprint density at radius 2 is 0.778 bits per heavy atom. The molecule has 3 nitrogen and oxygen atoms in total. The number of para-hydroxylation sites is 4. The third-order valence-electron chi connectivity index (χ3n) is 15.5. The van der Waals surface area contributed by atoms with Crippen molar-refractivity contribution < 1.29 is 0 Å². The van der Waals surface area contributed by atoms with E-state index in [1.807, 2.05) is 11.3 Å². The molecule has 72 heavy (non-hydrogen) atoms. The zero-order valence-corrected chi connectivity index (χ0v) is 41.1. The van der Waals surface area contributed by atoms with Crippen LogP contribution in [0.4, 0.5) is 0 Å². The fourth-order valence-electron chi connectivity index (χ4n) is 12.4. The molecule has 15 aromatic rings. The van der Waals surface area contributed by atoms with Crippen LogP contribution in [0.1, 0.15) is 5.56 Å². The quantitative estimate of drug-likeness (QED) is 0.106. The van der Waals surface area contributed by atoms with Gasteiger partial charge in [0.2, 0.25) is 0 Å². The Morgan fingerprint density at radius 1 is 0.306 bits per heavy atom. The summed E-state index contributed by atoms with van der Waals surface area (Å²) >= 11 is 1.89. The van der Waals surface area contributed by atoms with Crippen LogP contribution in [0.2, 0.25) is 0 Å². The first kappa shape index (κ1) is 41.1. The molecule has 0 unspecified atom stereocenters. The number of hydrogen-bond acceptors (Lipinski definition) is 1. The molecule has 15 rings (SSSR count). The largest absolute Gasteiger partial charge is 0.309 e. The van der Waals surface area contributed by atoms with Crippen molar-refractivity contribution in [3.63, 3.8) is 0 Å². The van der Waals surface area contributed by atoms with Crippen LogP contribution < -0.4 is 15.6 Å². The smallest absolute Gasteiger partial charge is 0.152 e. The van der Waals surface area contributed by atoms with Gasteiger partial charge in [0.15, 0.2) is 8.07 Å². The third-order valence-corrected chi connectivity index (χ3v) is 21.5. The van der Waals surface area contributed by atoms with Gasteiger partial charge in [-0.05, 0) is 93.9 Å². The summed E-state index contributed by atoms with van der Waals surface area (Å²) in [5.41, 5.74) is 12.2. The molecule has 0 bridgehead atoms. The first-order valence-corrected chi connectivity index (χ1v) is 27.9. The van der Waals surface area contributed by atoms with E-state index < -0.39 is 8.07 Å². The van der Waals surface area contributed by atoms with Gasteiger partial charge in [-0.2, -0.15) is 0 Å². The molecule has 0 saturated heterocycles. The lowest BCUT2D eigenvalue weighted by Crippen LogP contribution is -2.69. The molecular weight excluding hydrogens is 907 g/mol. The van der Waals surface area contributed by atoms with E-state index in [4.69, 9.17) is 0 Å². The number of thiophene rings is 1. The molecule has 5 heteroatoms. The average Bonchev–Trinajstić information content (AvgIpc) is 4.20. The highest BCUT2D eigenvalue weighted by molar-refractivity contribution is 7.26. The molecular formula is C67H45N3SSi. The second-order valence-corrected chi connectivity index (χ2v) is 24.2. The highest BCUT2D eigenvalue weighted by Crippen LogP contribution is 2.43. The van der Waals surface area contributed by atoms with E-state index in [0.29, 0.717) is 0 Å². The van der Waals surface area contributed by atoms with Crippen LogP contribution in [-0.4, -0.2) is 21.8 Å². The molecule has 0 radical (unpaired) electrons. The van der Waals surface area contributed by atoms with Crippen LogP contribution in [0.15, 0.2) is 261 Å². The molecule has 0 aliphatic rings. The summed E-state index contributed by atoms with van der Waals surface area (Å²) in [7, 11) is -2.88. The predicted molar refractivity (Wildman–Crippen MR) is 310 cm³/mol. The highest BCUT2D eigenvalue weighted by Gasteiger charge is 2.40. The second-order valence-electron chi connectivity index (χ2n) is 19.2. The lowest BCUT2D eigenvalue weighted by molar-refractivity contribution is 1.16. The molecule has 0 fully saturated rings. The zero-order valence-electron chi connectivity index (χ0n) is 39.3. The summed E-state index contributed by atoms with van der Waals surface area (Å²) in [5.74, 6) is 0. The van der Waals surface area contributed by atoms with Gasteiger partial charge in [-0.3, -0.25) is 0 Å². The van der Waals surface area contributed by atoms with Gasteiger partial charge >= 0.3 is 0 Å². The molecule has 338 valence electrons. The fourth-order valence-corrected chi connectivity index (χ4v) is 18.4. The normalized spacial score (nSPS) is 12.2. The maximum atomic E-state index is 2.52. The summed E-state index contributed by atoms with van der Waals surface area (Å²) in [6, 6.07) is 98.7. The van der Waals surface area contributed by atoms with Crippen molar-refractivity contribution in [1.82, 2.24) is 13.7 Å². The summed E-state index contributed by atoms with van der Waals surface area (Å²) in [4.78, 5) is 0. The SMILES string of the molecule is c1ccc([Si](Cc2cccc3c2c2ccccc2n3-c2ccc3c4ccccc4n(-c4cccc5c4sc4ccccc45)c3c2)(c2ccccc2)c2cccc(-n3c4ccccc4c4ccccc43)c2)cc1. The van der Waals surface area contributed by atoms with Crippen LogP contribution in [0.3, 0.4) is 0 Å². The van der Waals surface area contributed by atoms with Gasteiger partial charge in [0.25, 0.3) is 0 Å².